The minimum atomic E-state index is -1.27. The predicted molar refractivity (Wildman–Crippen MR) is 138 cm³/mol. The average Bonchev–Trinajstić information content (AvgIpc) is 3.21. The van der Waals surface area contributed by atoms with Gasteiger partial charge in [-0.1, -0.05) is 54.6 Å². The molecule has 0 aliphatic carbocycles. The minimum Gasteiger partial charge on any atom is -0.545 e. The monoisotopic (exact) mass is 505 g/mol. The number of aromatic carboxylic acids is 1. The van der Waals surface area contributed by atoms with Crippen LogP contribution in [0.2, 0.25) is 0 Å². The predicted octanol–water partition coefficient (Wildman–Crippen LogP) is 2.87. The average molecular weight is 506 g/mol. The first-order valence-electron chi connectivity index (χ1n) is 11.3. The Kier molecular flexibility index (Phi) is 8.13. The van der Waals surface area contributed by atoms with Gasteiger partial charge in [-0.05, 0) is 54.1 Å². The summed E-state index contributed by atoms with van der Waals surface area (Å²) in [6, 6.07) is 23.2. The second kappa shape index (κ2) is 11.1. The Morgan fingerprint density at radius 3 is 2.44 bits per heavy atom. The molecule has 5 aromatic rings. The van der Waals surface area contributed by atoms with Crippen molar-refractivity contribution in [1.82, 2.24) is 4.98 Å². The number of carbonyl (C=O) groups is 1. The molecule has 0 aliphatic heterocycles. The van der Waals surface area contributed by atoms with Crippen LogP contribution in [0.4, 0.5) is 0 Å². The molecule has 36 heavy (non-hydrogen) atoms. The van der Waals surface area contributed by atoms with Crippen LogP contribution in [0, 0.1) is 13.8 Å². The topological polar surface area (TPSA) is 71.5 Å². The number of nitrogens with zero attached hydrogens (tertiary/aromatic N) is 1. The number of rotatable bonds is 7. The van der Waals surface area contributed by atoms with Crippen LogP contribution in [-0.4, -0.2) is 24.7 Å². The number of fused-ring (bicyclic) bond motifs is 2. The van der Waals surface area contributed by atoms with Gasteiger partial charge in [0.1, 0.15) is 11.9 Å². The molecule has 0 bridgehead atoms. The van der Waals surface area contributed by atoms with E-state index in [0.29, 0.717) is 29.0 Å². The summed E-state index contributed by atoms with van der Waals surface area (Å²) >= 11 is 1.61. The number of carboxylic acids is 1. The normalized spacial score (nSPS) is 11.9. The van der Waals surface area contributed by atoms with Crippen LogP contribution >= 0.6 is 11.3 Å². The molecule has 3 aromatic carbocycles. The number of aromatic nitrogens is 1. The van der Waals surface area contributed by atoms with Gasteiger partial charge >= 0.3 is 29.6 Å². The molecule has 5 nitrogen and oxygen atoms in total. The van der Waals surface area contributed by atoms with Gasteiger partial charge in [0.25, 0.3) is 0 Å². The standard InChI is InChI=1S/C29H25NO4S.Na/c1-17-13-14-23(34-24(16-33-3)19-9-5-4-6-10-19)26-21(29(31)32)15-22(30-27(17)26)28-18(2)20-11-7-8-12-25(20)35-28;/h4-15,24H,16H2,1-3H3,(H,31,32);/q;+1/p-1/t24-;/m0./s1. The molecule has 0 saturated heterocycles. The maximum absolute atomic E-state index is 12.4. The van der Waals surface area contributed by atoms with Gasteiger partial charge in [0, 0.05) is 17.4 Å². The van der Waals surface area contributed by atoms with Gasteiger partial charge < -0.3 is 19.4 Å². The molecule has 0 N–H and O–H groups in total. The van der Waals surface area contributed by atoms with E-state index in [1.807, 2.05) is 62.4 Å². The van der Waals surface area contributed by atoms with Gasteiger partial charge in [-0.3, -0.25) is 0 Å². The third-order valence-electron chi connectivity index (χ3n) is 6.18. The fourth-order valence-corrected chi connectivity index (χ4v) is 5.58. The summed E-state index contributed by atoms with van der Waals surface area (Å²) < 4.78 is 12.9. The number of hydrogen-bond donors (Lipinski definition) is 0. The largest absolute Gasteiger partial charge is 1.00 e. The van der Waals surface area contributed by atoms with E-state index in [2.05, 4.69) is 12.1 Å². The molecule has 5 rings (SSSR count). The van der Waals surface area contributed by atoms with Crippen molar-refractivity contribution >= 4 is 38.3 Å². The van der Waals surface area contributed by atoms with E-state index in [4.69, 9.17) is 14.5 Å². The minimum absolute atomic E-state index is 0. The number of aryl methyl sites for hydroxylation is 2. The maximum Gasteiger partial charge on any atom is 1.00 e. The Morgan fingerprint density at radius 1 is 1.03 bits per heavy atom. The van der Waals surface area contributed by atoms with Crippen LogP contribution in [0.15, 0.2) is 72.8 Å². The summed E-state index contributed by atoms with van der Waals surface area (Å²) in [5, 5.41) is 14.0. The third-order valence-corrected chi connectivity index (χ3v) is 7.47. The van der Waals surface area contributed by atoms with Gasteiger partial charge in [0.2, 0.25) is 0 Å². The van der Waals surface area contributed by atoms with E-state index in [9.17, 15) is 9.90 Å². The number of hydrogen-bond acceptors (Lipinski definition) is 6. The first kappa shape index (κ1) is 26.3. The molecular formula is C29H24NNaO4S. The molecular weight excluding hydrogens is 481 g/mol. The van der Waals surface area contributed by atoms with Crippen molar-refractivity contribution < 1.29 is 48.9 Å². The molecule has 2 aromatic heterocycles. The van der Waals surface area contributed by atoms with Crippen LogP contribution in [0.1, 0.15) is 33.2 Å². The number of ether oxygens (including phenoxy) is 2. The molecule has 7 heteroatoms. The van der Waals surface area contributed by atoms with Crippen molar-refractivity contribution in [3.05, 3.63) is 95.1 Å². The van der Waals surface area contributed by atoms with Crippen LogP contribution in [0.5, 0.6) is 5.75 Å². The van der Waals surface area contributed by atoms with Crippen molar-refractivity contribution in [2.45, 2.75) is 20.0 Å². The van der Waals surface area contributed by atoms with Crippen molar-refractivity contribution in [3.63, 3.8) is 0 Å². The second-order valence-electron chi connectivity index (χ2n) is 8.47. The van der Waals surface area contributed by atoms with Crippen LogP contribution < -0.4 is 39.4 Å². The van der Waals surface area contributed by atoms with Crippen LogP contribution in [-0.2, 0) is 4.74 Å². The SMILES string of the molecule is COC[C@H](Oc1ccc(C)c2nc(-c3sc4ccccc4c3C)cc(C(=O)[O-])c12)c1ccccc1.[Na+]. The smallest absolute Gasteiger partial charge is 0.545 e. The zero-order valence-corrected chi connectivity index (χ0v) is 23.5. The number of pyridine rings is 1. The van der Waals surface area contributed by atoms with E-state index in [-0.39, 0.29) is 35.1 Å². The van der Waals surface area contributed by atoms with E-state index < -0.39 is 12.1 Å². The summed E-state index contributed by atoms with van der Waals surface area (Å²) in [4.78, 5) is 18.3. The quantitative estimate of drug-likeness (QED) is 0.318. The Labute approximate surface area is 236 Å². The zero-order chi connectivity index (χ0) is 24.5. The molecule has 0 saturated carbocycles. The number of thiophene rings is 1. The van der Waals surface area contributed by atoms with Gasteiger partial charge in [-0.2, -0.15) is 0 Å². The number of methoxy groups -OCH3 is 1. The maximum atomic E-state index is 12.4. The van der Waals surface area contributed by atoms with Gasteiger partial charge in [-0.15, -0.1) is 11.3 Å². The van der Waals surface area contributed by atoms with Gasteiger partial charge in [0.05, 0.1) is 34.1 Å². The summed E-state index contributed by atoms with van der Waals surface area (Å²) in [5.41, 5.74) is 4.13. The second-order valence-corrected chi connectivity index (χ2v) is 9.52. The molecule has 0 amide bonds. The number of carboxylic acid groups (broad SMARTS) is 1. The van der Waals surface area contributed by atoms with E-state index in [0.717, 1.165) is 31.7 Å². The Morgan fingerprint density at radius 2 is 1.75 bits per heavy atom. The fourth-order valence-electron chi connectivity index (χ4n) is 4.41. The summed E-state index contributed by atoms with van der Waals surface area (Å²) in [5.74, 6) is -0.835. The van der Waals surface area contributed by atoms with E-state index in [1.165, 1.54) is 0 Å². The molecule has 176 valence electrons. The number of benzene rings is 3. The molecule has 0 spiro atoms. The van der Waals surface area contributed by atoms with Crippen molar-refractivity contribution in [3.8, 4) is 16.3 Å². The summed E-state index contributed by atoms with van der Waals surface area (Å²) in [6.07, 6.45) is -0.411. The molecule has 0 fully saturated rings. The third kappa shape index (κ3) is 4.92. The van der Waals surface area contributed by atoms with E-state index >= 15 is 0 Å². The Bertz CT molecular complexity index is 1550. The van der Waals surface area contributed by atoms with Crippen molar-refractivity contribution in [2.75, 3.05) is 13.7 Å². The molecule has 1 atom stereocenters. The Balaban J connectivity index is 0.00000304. The molecule has 0 radical (unpaired) electrons. The first-order chi connectivity index (χ1) is 17.0. The van der Waals surface area contributed by atoms with Gasteiger partial charge in [0.15, 0.2) is 0 Å². The van der Waals surface area contributed by atoms with Gasteiger partial charge in [-0.25, -0.2) is 4.98 Å². The number of carbonyl (C=O) groups excluding carboxylic acids is 1. The Hall–Kier alpha value is -2.74. The zero-order valence-electron chi connectivity index (χ0n) is 20.7. The summed E-state index contributed by atoms with van der Waals surface area (Å²) in [7, 11) is 1.61. The van der Waals surface area contributed by atoms with Crippen LogP contribution in [0.25, 0.3) is 31.6 Å². The molecule has 0 aliphatic rings. The van der Waals surface area contributed by atoms with E-state index in [1.54, 1.807) is 30.6 Å². The van der Waals surface area contributed by atoms with Crippen LogP contribution in [0.3, 0.4) is 0 Å². The fraction of sp³-hybridized carbons (Fsp3) is 0.172. The van der Waals surface area contributed by atoms with Crippen molar-refractivity contribution in [2.24, 2.45) is 0 Å². The molecule has 2 heterocycles. The first-order valence-corrected chi connectivity index (χ1v) is 12.1. The molecule has 0 unspecified atom stereocenters. The van der Waals surface area contributed by atoms with Crippen molar-refractivity contribution in [1.29, 1.82) is 0 Å². The summed E-state index contributed by atoms with van der Waals surface area (Å²) in [6.45, 7) is 4.27.